The fourth-order valence-electron chi connectivity index (χ4n) is 1.34. The second kappa shape index (κ2) is 5.13. The second-order valence-electron chi connectivity index (χ2n) is 2.91. The second-order valence-corrected chi connectivity index (χ2v) is 2.91. The van der Waals surface area contributed by atoms with Crippen LogP contribution in [0, 0.1) is 5.92 Å². The summed E-state index contributed by atoms with van der Waals surface area (Å²) >= 11 is 0. The van der Waals surface area contributed by atoms with Crippen LogP contribution in [-0.4, -0.2) is 12.0 Å². The minimum Gasteiger partial charge on any atom is -0.550 e. The molecule has 0 radical (unpaired) electrons. The number of carbonyl (C=O) groups is 1. The van der Waals surface area contributed by atoms with Crippen LogP contribution in [0.3, 0.4) is 0 Å². The van der Waals surface area contributed by atoms with Crippen LogP contribution in [0.5, 0.6) is 0 Å². The molecule has 1 atom stereocenters. The highest BCUT2D eigenvalue weighted by Gasteiger charge is 2.16. The summed E-state index contributed by atoms with van der Waals surface area (Å²) in [6, 6.07) is 0.00926. The van der Waals surface area contributed by atoms with Crippen molar-refractivity contribution in [3.63, 3.8) is 0 Å². The number of hydrogen-bond acceptors (Lipinski definition) is 2. The molecule has 0 bridgehead atoms. The first-order chi connectivity index (χ1) is 5.11. The summed E-state index contributed by atoms with van der Waals surface area (Å²) < 4.78 is 0. The Morgan fingerprint density at radius 2 is 1.91 bits per heavy atom. The van der Waals surface area contributed by atoms with E-state index in [4.69, 9.17) is 0 Å². The van der Waals surface area contributed by atoms with Gasteiger partial charge in [0, 0.05) is 18.3 Å². The third-order valence-corrected chi connectivity index (χ3v) is 2.14. The summed E-state index contributed by atoms with van der Waals surface area (Å²) in [6.45, 7) is 4.11. The van der Waals surface area contributed by atoms with Crippen LogP contribution < -0.4 is 10.8 Å². The molecule has 3 heteroatoms. The van der Waals surface area contributed by atoms with Gasteiger partial charge < -0.3 is 15.6 Å². The molecule has 0 aromatic carbocycles. The van der Waals surface area contributed by atoms with Crippen LogP contribution >= 0.6 is 0 Å². The number of aliphatic carboxylic acids is 1. The van der Waals surface area contributed by atoms with Gasteiger partial charge in [-0.25, -0.2) is 0 Å². The summed E-state index contributed by atoms with van der Waals surface area (Å²) in [5.74, 6) is -0.565. The maximum atomic E-state index is 10.2. The summed E-state index contributed by atoms with van der Waals surface area (Å²) in [4.78, 5) is 10.2. The lowest BCUT2D eigenvalue weighted by Crippen LogP contribution is -2.65. The first kappa shape index (κ1) is 10.4. The van der Waals surface area contributed by atoms with Gasteiger partial charge in [0.25, 0.3) is 0 Å². The van der Waals surface area contributed by atoms with Crippen LogP contribution in [0.2, 0.25) is 0 Å². The molecular formula is C8H17NO2. The molecule has 0 amide bonds. The minimum atomic E-state index is -0.989. The number of hydrogen-bond donors (Lipinski definition) is 1. The molecule has 11 heavy (non-hydrogen) atoms. The van der Waals surface area contributed by atoms with E-state index in [1.807, 2.05) is 0 Å². The standard InChI is InChI=1S/C8H17NO2/c1-3-6(4-2)7(9)5-8(10)11/h6-7H,3-5,9H2,1-2H3,(H,10,11)/t7-/m0/s1. The zero-order valence-corrected chi connectivity index (χ0v) is 7.30. The van der Waals surface area contributed by atoms with Gasteiger partial charge in [0.15, 0.2) is 0 Å². The van der Waals surface area contributed by atoms with Gasteiger partial charge in [-0.15, -0.1) is 0 Å². The highest BCUT2D eigenvalue weighted by atomic mass is 16.4. The first-order valence-corrected chi connectivity index (χ1v) is 4.14. The molecule has 0 saturated heterocycles. The topological polar surface area (TPSA) is 67.8 Å². The van der Waals surface area contributed by atoms with Gasteiger partial charge >= 0.3 is 0 Å². The van der Waals surface area contributed by atoms with E-state index >= 15 is 0 Å². The molecule has 3 nitrogen and oxygen atoms in total. The van der Waals surface area contributed by atoms with E-state index in [2.05, 4.69) is 19.6 Å². The number of rotatable bonds is 5. The Morgan fingerprint density at radius 3 is 2.18 bits per heavy atom. The van der Waals surface area contributed by atoms with E-state index in [1.165, 1.54) is 0 Å². The lowest BCUT2D eigenvalue weighted by molar-refractivity contribution is -0.437. The fourth-order valence-corrected chi connectivity index (χ4v) is 1.34. The van der Waals surface area contributed by atoms with Crippen molar-refractivity contribution in [1.29, 1.82) is 0 Å². The zero-order chi connectivity index (χ0) is 8.85. The number of carboxylic acids is 1. The van der Waals surface area contributed by atoms with Crippen molar-refractivity contribution in [3.8, 4) is 0 Å². The van der Waals surface area contributed by atoms with Crippen LogP contribution in [-0.2, 0) is 4.79 Å². The Labute approximate surface area is 67.6 Å². The molecule has 66 valence electrons. The molecular weight excluding hydrogens is 142 g/mol. The summed E-state index contributed by atoms with van der Waals surface area (Å²) in [6.07, 6.45) is 2.09. The predicted octanol–water partition coefficient (Wildman–Crippen LogP) is -0.827. The molecule has 0 saturated carbocycles. The van der Waals surface area contributed by atoms with E-state index in [9.17, 15) is 9.90 Å². The van der Waals surface area contributed by atoms with Gasteiger partial charge in [0.1, 0.15) is 0 Å². The van der Waals surface area contributed by atoms with Crippen molar-refractivity contribution >= 4 is 5.97 Å². The summed E-state index contributed by atoms with van der Waals surface area (Å²) in [7, 11) is 0. The Kier molecular flexibility index (Phi) is 4.86. The maximum absolute atomic E-state index is 10.2. The first-order valence-electron chi connectivity index (χ1n) is 4.14. The predicted molar refractivity (Wildman–Crippen MR) is 40.4 cm³/mol. The lowest BCUT2D eigenvalue weighted by Gasteiger charge is -2.17. The molecule has 0 aliphatic carbocycles. The monoisotopic (exact) mass is 159 g/mol. The van der Waals surface area contributed by atoms with Gasteiger partial charge in [-0.3, -0.25) is 0 Å². The molecule has 3 N–H and O–H groups in total. The Morgan fingerprint density at radius 1 is 1.45 bits per heavy atom. The molecule has 0 heterocycles. The third-order valence-electron chi connectivity index (χ3n) is 2.14. The van der Waals surface area contributed by atoms with Crippen molar-refractivity contribution in [2.75, 3.05) is 0 Å². The zero-order valence-electron chi connectivity index (χ0n) is 7.30. The molecule has 0 unspecified atom stereocenters. The van der Waals surface area contributed by atoms with Gasteiger partial charge in [-0.1, -0.05) is 13.8 Å². The van der Waals surface area contributed by atoms with E-state index in [0.29, 0.717) is 5.92 Å². The largest absolute Gasteiger partial charge is 0.550 e. The Bertz CT molecular complexity index is 121. The van der Waals surface area contributed by atoms with Gasteiger partial charge in [0.05, 0.1) is 6.04 Å². The van der Waals surface area contributed by atoms with Crippen molar-refractivity contribution in [2.45, 2.75) is 39.2 Å². The number of carbonyl (C=O) groups excluding carboxylic acids is 1. The highest BCUT2D eigenvalue weighted by molar-refractivity contribution is 5.64. The molecule has 0 spiro atoms. The normalized spacial score (nSPS) is 13.5. The molecule has 0 aromatic heterocycles. The maximum Gasteiger partial charge on any atom is 0.0924 e. The highest BCUT2D eigenvalue weighted by Crippen LogP contribution is 2.11. The Hall–Kier alpha value is -0.570. The van der Waals surface area contributed by atoms with E-state index in [-0.39, 0.29) is 12.5 Å². The Balaban J connectivity index is 3.78. The van der Waals surface area contributed by atoms with Crippen molar-refractivity contribution in [1.82, 2.24) is 0 Å². The van der Waals surface area contributed by atoms with Gasteiger partial charge in [0.2, 0.25) is 0 Å². The smallest absolute Gasteiger partial charge is 0.0924 e. The molecule has 0 fully saturated rings. The number of quaternary nitrogens is 1. The molecule has 0 aliphatic heterocycles. The molecule has 0 aromatic rings. The van der Waals surface area contributed by atoms with Gasteiger partial charge in [-0.05, 0) is 12.8 Å². The third kappa shape index (κ3) is 3.98. The van der Waals surface area contributed by atoms with Crippen LogP contribution in [0.4, 0.5) is 0 Å². The summed E-state index contributed by atoms with van der Waals surface area (Å²) in [5, 5.41) is 10.2. The van der Waals surface area contributed by atoms with E-state index in [0.717, 1.165) is 12.8 Å². The quantitative estimate of drug-likeness (QED) is 0.569. The van der Waals surface area contributed by atoms with Crippen molar-refractivity contribution in [3.05, 3.63) is 0 Å². The van der Waals surface area contributed by atoms with Crippen molar-refractivity contribution < 1.29 is 15.6 Å². The molecule has 0 aliphatic rings. The van der Waals surface area contributed by atoms with Gasteiger partial charge in [-0.2, -0.15) is 0 Å². The van der Waals surface area contributed by atoms with Crippen molar-refractivity contribution in [2.24, 2.45) is 5.92 Å². The lowest BCUT2D eigenvalue weighted by atomic mass is 9.93. The molecule has 0 rings (SSSR count). The van der Waals surface area contributed by atoms with Crippen LogP contribution in [0.25, 0.3) is 0 Å². The van der Waals surface area contributed by atoms with Crippen LogP contribution in [0.15, 0.2) is 0 Å². The SMILES string of the molecule is CCC(CC)[C@@H]([NH3+])CC(=O)[O-]. The average molecular weight is 159 g/mol. The van der Waals surface area contributed by atoms with E-state index < -0.39 is 5.97 Å². The van der Waals surface area contributed by atoms with E-state index in [1.54, 1.807) is 0 Å². The summed E-state index contributed by atoms with van der Waals surface area (Å²) in [5.41, 5.74) is 3.80. The average Bonchev–Trinajstić information content (AvgIpc) is 1.88. The number of carboxylic acid groups (broad SMARTS) is 1. The minimum absolute atomic E-state index is 0.00926. The van der Waals surface area contributed by atoms with Crippen LogP contribution in [0.1, 0.15) is 33.1 Å². The fraction of sp³-hybridized carbons (Fsp3) is 0.875.